The maximum Gasteiger partial charge on any atom is 0.274 e. The van der Waals surface area contributed by atoms with E-state index in [4.69, 9.17) is 5.10 Å². The van der Waals surface area contributed by atoms with Crippen molar-refractivity contribution in [2.24, 2.45) is 0 Å². The Morgan fingerprint density at radius 1 is 1.08 bits per heavy atom. The number of nitrogens with one attached hydrogen (secondary N) is 1. The van der Waals surface area contributed by atoms with E-state index < -0.39 is 0 Å². The molecule has 1 aliphatic heterocycles. The number of fused-ring (bicyclic) bond motifs is 1. The van der Waals surface area contributed by atoms with Crippen LogP contribution in [0, 0.1) is 0 Å². The molecule has 1 unspecified atom stereocenters. The summed E-state index contributed by atoms with van der Waals surface area (Å²) in [5.41, 5.74) is 3.29. The van der Waals surface area contributed by atoms with Gasteiger partial charge in [0.15, 0.2) is 5.69 Å². The normalized spacial score (nSPS) is 24.5. The molecule has 1 saturated carbocycles. The van der Waals surface area contributed by atoms with Crippen LogP contribution in [0.3, 0.4) is 0 Å². The van der Waals surface area contributed by atoms with Crippen LogP contribution in [-0.4, -0.2) is 45.8 Å². The van der Waals surface area contributed by atoms with Gasteiger partial charge in [-0.05, 0) is 58.3 Å². The summed E-state index contributed by atoms with van der Waals surface area (Å²) in [7, 11) is 0. The molecule has 1 aromatic heterocycles. The summed E-state index contributed by atoms with van der Waals surface area (Å²) in [6, 6.07) is 1.20. The van der Waals surface area contributed by atoms with Crippen molar-refractivity contribution in [3.63, 3.8) is 0 Å². The molecule has 138 valence electrons. The number of hydrogen-bond donors (Lipinski definition) is 1. The van der Waals surface area contributed by atoms with Gasteiger partial charge in [-0.1, -0.05) is 12.8 Å². The second-order valence-electron chi connectivity index (χ2n) is 8.03. The Labute approximate surface area is 151 Å². The molecule has 0 aromatic carbocycles. The highest BCUT2D eigenvalue weighted by molar-refractivity contribution is 5.94. The average Bonchev–Trinajstić information content (AvgIpc) is 3.29. The molecule has 3 aliphatic rings. The molecule has 1 amide bonds. The first kappa shape index (κ1) is 17.1. The van der Waals surface area contributed by atoms with Gasteiger partial charge in [0.05, 0.1) is 0 Å². The Morgan fingerprint density at radius 2 is 1.84 bits per heavy atom. The van der Waals surface area contributed by atoms with Gasteiger partial charge in [0.1, 0.15) is 0 Å². The lowest BCUT2D eigenvalue weighted by atomic mass is 9.90. The fourth-order valence-electron chi connectivity index (χ4n) is 4.94. The second-order valence-corrected chi connectivity index (χ2v) is 8.03. The highest BCUT2D eigenvalue weighted by atomic mass is 16.2. The van der Waals surface area contributed by atoms with Crippen molar-refractivity contribution in [1.29, 1.82) is 0 Å². The SMILES string of the molecule is CCn1nc(C(=O)N2CCCCC2)c2c1CCC(NC1CCCC1)C2. The van der Waals surface area contributed by atoms with Crippen LogP contribution in [0.1, 0.15) is 80.0 Å². The van der Waals surface area contributed by atoms with E-state index in [-0.39, 0.29) is 5.91 Å². The smallest absolute Gasteiger partial charge is 0.274 e. The fraction of sp³-hybridized carbons (Fsp3) is 0.800. The van der Waals surface area contributed by atoms with E-state index in [0.717, 1.165) is 51.0 Å². The number of carbonyl (C=O) groups is 1. The molecule has 0 bridgehead atoms. The summed E-state index contributed by atoms with van der Waals surface area (Å²) in [5, 5.41) is 8.62. The van der Waals surface area contributed by atoms with Crippen LogP contribution in [0.2, 0.25) is 0 Å². The minimum absolute atomic E-state index is 0.171. The molecule has 0 spiro atoms. The number of hydrogen-bond acceptors (Lipinski definition) is 3. The Balaban J connectivity index is 1.54. The van der Waals surface area contributed by atoms with Crippen LogP contribution in [-0.2, 0) is 19.4 Å². The molecule has 2 fully saturated rings. The molecule has 1 saturated heterocycles. The van der Waals surface area contributed by atoms with Gasteiger partial charge in [-0.25, -0.2) is 0 Å². The van der Waals surface area contributed by atoms with E-state index >= 15 is 0 Å². The van der Waals surface area contributed by atoms with Crippen molar-refractivity contribution in [2.75, 3.05) is 13.1 Å². The summed E-state index contributed by atoms with van der Waals surface area (Å²) in [6.07, 6.45) is 12.1. The Kier molecular flexibility index (Phi) is 5.11. The maximum atomic E-state index is 13.1. The first-order valence-electron chi connectivity index (χ1n) is 10.4. The Hall–Kier alpha value is -1.36. The molecule has 5 heteroatoms. The Bertz CT molecular complexity index is 611. The van der Waals surface area contributed by atoms with Crippen molar-refractivity contribution in [1.82, 2.24) is 20.0 Å². The van der Waals surface area contributed by atoms with Gasteiger partial charge in [-0.2, -0.15) is 5.10 Å². The van der Waals surface area contributed by atoms with Gasteiger partial charge in [-0.3, -0.25) is 9.48 Å². The molecule has 1 atom stereocenters. The number of aromatic nitrogens is 2. The van der Waals surface area contributed by atoms with Crippen LogP contribution in [0.15, 0.2) is 0 Å². The van der Waals surface area contributed by atoms with Crippen LogP contribution < -0.4 is 5.32 Å². The van der Waals surface area contributed by atoms with Gasteiger partial charge >= 0.3 is 0 Å². The van der Waals surface area contributed by atoms with Crippen molar-refractivity contribution in [2.45, 2.75) is 89.8 Å². The standard InChI is InChI=1S/C20H32N4O/c1-2-24-18-11-10-16(21-15-8-4-5-9-15)14-17(18)19(22-24)20(25)23-12-6-3-7-13-23/h15-16,21H,2-14H2,1H3. The van der Waals surface area contributed by atoms with E-state index in [1.165, 1.54) is 49.8 Å². The van der Waals surface area contributed by atoms with Gasteiger partial charge in [0.25, 0.3) is 5.91 Å². The van der Waals surface area contributed by atoms with E-state index in [1.807, 2.05) is 4.90 Å². The van der Waals surface area contributed by atoms with E-state index in [9.17, 15) is 4.79 Å². The lowest BCUT2D eigenvalue weighted by molar-refractivity contribution is 0.0716. The zero-order valence-electron chi connectivity index (χ0n) is 15.6. The van der Waals surface area contributed by atoms with Gasteiger partial charge < -0.3 is 10.2 Å². The number of piperidine rings is 1. The molecule has 1 N–H and O–H groups in total. The minimum Gasteiger partial charge on any atom is -0.337 e. The van der Waals surface area contributed by atoms with Gasteiger partial charge in [0, 0.05) is 43.0 Å². The lowest BCUT2D eigenvalue weighted by Gasteiger charge is -2.29. The number of likely N-dealkylation sites (tertiary alicyclic amines) is 1. The quantitative estimate of drug-likeness (QED) is 0.914. The number of carbonyl (C=O) groups excluding carboxylic acids is 1. The predicted octanol–water partition coefficient (Wildman–Crippen LogP) is 2.92. The monoisotopic (exact) mass is 344 g/mol. The Morgan fingerprint density at radius 3 is 2.56 bits per heavy atom. The summed E-state index contributed by atoms with van der Waals surface area (Å²) < 4.78 is 2.08. The second kappa shape index (κ2) is 7.48. The fourth-order valence-corrected chi connectivity index (χ4v) is 4.94. The number of amides is 1. The molecule has 2 heterocycles. The molecular formula is C20H32N4O. The van der Waals surface area contributed by atoms with Gasteiger partial charge in [-0.15, -0.1) is 0 Å². The van der Waals surface area contributed by atoms with Crippen molar-refractivity contribution >= 4 is 5.91 Å². The third kappa shape index (κ3) is 3.48. The largest absolute Gasteiger partial charge is 0.337 e. The van der Waals surface area contributed by atoms with Gasteiger partial charge in [0.2, 0.25) is 0 Å². The van der Waals surface area contributed by atoms with Crippen molar-refractivity contribution in [3.05, 3.63) is 17.0 Å². The summed E-state index contributed by atoms with van der Waals surface area (Å²) in [6.45, 7) is 4.79. The lowest BCUT2D eigenvalue weighted by Crippen LogP contribution is -2.41. The topological polar surface area (TPSA) is 50.2 Å². The summed E-state index contributed by atoms with van der Waals surface area (Å²) >= 11 is 0. The molecule has 1 aromatic rings. The zero-order valence-corrected chi connectivity index (χ0v) is 15.6. The highest BCUT2D eigenvalue weighted by Gasteiger charge is 2.32. The first-order chi connectivity index (χ1) is 12.3. The predicted molar refractivity (Wildman–Crippen MR) is 98.9 cm³/mol. The van der Waals surface area contributed by atoms with Crippen LogP contribution in [0.25, 0.3) is 0 Å². The zero-order chi connectivity index (χ0) is 17.2. The molecule has 5 nitrogen and oxygen atoms in total. The van der Waals surface area contributed by atoms with Crippen molar-refractivity contribution < 1.29 is 4.79 Å². The van der Waals surface area contributed by atoms with E-state index in [2.05, 4.69) is 16.9 Å². The van der Waals surface area contributed by atoms with E-state index in [0.29, 0.717) is 12.1 Å². The van der Waals surface area contributed by atoms with Crippen LogP contribution >= 0.6 is 0 Å². The minimum atomic E-state index is 0.171. The van der Waals surface area contributed by atoms with Crippen LogP contribution in [0.4, 0.5) is 0 Å². The van der Waals surface area contributed by atoms with Crippen molar-refractivity contribution in [3.8, 4) is 0 Å². The van der Waals surface area contributed by atoms with Crippen LogP contribution in [0.5, 0.6) is 0 Å². The third-order valence-electron chi connectivity index (χ3n) is 6.32. The first-order valence-corrected chi connectivity index (χ1v) is 10.4. The highest BCUT2D eigenvalue weighted by Crippen LogP contribution is 2.28. The average molecular weight is 345 g/mol. The van der Waals surface area contributed by atoms with E-state index in [1.54, 1.807) is 0 Å². The molecule has 2 aliphatic carbocycles. The number of rotatable bonds is 4. The number of aryl methyl sites for hydroxylation is 1. The maximum absolute atomic E-state index is 13.1. The molecule has 4 rings (SSSR count). The summed E-state index contributed by atoms with van der Waals surface area (Å²) in [4.78, 5) is 15.1. The molecule has 0 radical (unpaired) electrons. The third-order valence-corrected chi connectivity index (χ3v) is 6.32. The molecular weight excluding hydrogens is 312 g/mol. The number of nitrogens with zero attached hydrogens (tertiary/aromatic N) is 3. The molecule has 25 heavy (non-hydrogen) atoms. The summed E-state index contributed by atoms with van der Waals surface area (Å²) in [5.74, 6) is 0.171.